The van der Waals surface area contributed by atoms with Crippen LogP contribution in [-0.4, -0.2) is 37.6 Å². The summed E-state index contributed by atoms with van der Waals surface area (Å²) < 4.78 is 0.952. The summed E-state index contributed by atoms with van der Waals surface area (Å²) in [6, 6.07) is 10.6. The number of nitrogens with one attached hydrogen (secondary N) is 1. The van der Waals surface area contributed by atoms with Crippen LogP contribution in [-0.2, 0) is 11.3 Å². The zero-order valence-corrected chi connectivity index (χ0v) is 17.9. The molecule has 0 aliphatic heterocycles. The minimum Gasteiger partial charge on any atom is -0.356 e. The monoisotopic (exact) mass is 373 g/mol. The predicted molar refractivity (Wildman–Crippen MR) is 116 cm³/mol. The molecular formula is C24H41N2O+. The number of nitrogens with zero attached hydrogens (tertiary/aromatic N) is 1. The molecule has 0 radical (unpaired) electrons. The average Bonchev–Trinajstić information content (AvgIpc) is 2.64. The van der Waals surface area contributed by atoms with Gasteiger partial charge in [-0.3, -0.25) is 4.79 Å². The van der Waals surface area contributed by atoms with Gasteiger partial charge in [0.05, 0.1) is 20.6 Å². The van der Waals surface area contributed by atoms with Gasteiger partial charge in [0.1, 0.15) is 6.54 Å². The second kappa shape index (κ2) is 14.4. The Hall–Kier alpha value is -1.61. The van der Waals surface area contributed by atoms with Crippen molar-refractivity contribution in [1.29, 1.82) is 0 Å². The number of carbonyl (C=O) groups excluding carboxylic acids is 1. The van der Waals surface area contributed by atoms with E-state index in [1.807, 2.05) is 0 Å². The van der Waals surface area contributed by atoms with Crippen LogP contribution in [0.5, 0.6) is 0 Å². The van der Waals surface area contributed by atoms with Crippen molar-refractivity contribution in [2.24, 2.45) is 0 Å². The van der Waals surface area contributed by atoms with E-state index >= 15 is 0 Å². The van der Waals surface area contributed by atoms with E-state index in [0.29, 0.717) is 6.42 Å². The van der Waals surface area contributed by atoms with Gasteiger partial charge < -0.3 is 9.80 Å². The first-order chi connectivity index (χ1) is 13.0. The number of amides is 1. The highest BCUT2D eigenvalue weighted by molar-refractivity contribution is 5.75. The van der Waals surface area contributed by atoms with Crippen molar-refractivity contribution in [3.8, 4) is 0 Å². The summed E-state index contributed by atoms with van der Waals surface area (Å²) in [6.07, 6.45) is 14.6. The molecule has 0 aromatic heterocycles. The van der Waals surface area contributed by atoms with Gasteiger partial charge in [-0.2, -0.15) is 0 Å². The number of unbranched alkanes of at least 4 members (excludes halogenated alkanes) is 5. The van der Waals surface area contributed by atoms with Crippen molar-refractivity contribution < 1.29 is 9.28 Å². The molecule has 0 atom stereocenters. The van der Waals surface area contributed by atoms with Gasteiger partial charge in [0.2, 0.25) is 5.91 Å². The van der Waals surface area contributed by atoms with Crippen molar-refractivity contribution in [3.63, 3.8) is 0 Å². The molecule has 0 heterocycles. The molecule has 0 fully saturated rings. The van der Waals surface area contributed by atoms with Crippen LogP contribution in [0.25, 0.3) is 0 Å². The van der Waals surface area contributed by atoms with E-state index in [1.165, 1.54) is 37.7 Å². The van der Waals surface area contributed by atoms with Crippen LogP contribution in [0.4, 0.5) is 0 Å². The molecular weight excluding hydrogens is 332 g/mol. The maximum absolute atomic E-state index is 11.9. The fraction of sp³-hybridized carbons (Fsp3) is 0.625. The largest absolute Gasteiger partial charge is 0.356 e. The lowest BCUT2D eigenvalue weighted by atomic mass is 10.1. The van der Waals surface area contributed by atoms with E-state index in [9.17, 15) is 4.79 Å². The van der Waals surface area contributed by atoms with Gasteiger partial charge in [-0.25, -0.2) is 0 Å². The first-order valence-corrected chi connectivity index (χ1v) is 10.8. The normalized spacial score (nSPS) is 11.8. The molecule has 0 aliphatic rings. The maximum Gasteiger partial charge on any atom is 0.219 e. The van der Waals surface area contributed by atoms with E-state index in [-0.39, 0.29) is 5.91 Å². The molecule has 1 aromatic carbocycles. The average molecular weight is 374 g/mol. The highest BCUT2D eigenvalue weighted by Crippen LogP contribution is 2.10. The number of quaternary nitrogens is 1. The Kier molecular flexibility index (Phi) is 12.5. The van der Waals surface area contributed by atoms with Crippen LogP contribution in [0.15, 0.2) is 42.5 Å². The Balaban J connectivity index is 1.99. The molecule has 0 spiro atoms. The van der Waals surface area contributed by atoms with Crippen LogP contribution in [0, 0.1) is 0 Å². The first-order valence-electron chi connectivity index (χ1n) is 10.8. The lowest BCUT2D eigenvalue weighted by molar-refractivity contribution is -0.903. The van der Waals surface area contributed by atoms with Crippen LogP contribution in [0.1, 0.15) is 70.3 Å². The smallest absolute Gasteiger partial charge is 0.219 e. The van der Waals surface area contributed by atoms with E-state index in [1.54, 1.807) is 0 Å². The van der Waals surface area contributed by atoms with Gasteiger partial charge in [0.25, 0.3) is 0 Å². The Morgan fingerprint density at radius 2 is 1.67 bits per heavy atom. The molecule has 3 heteroatoms. The molecule has 1 amide bonds. The van der Waals surface area contributed by atoms with Crippen molar-refractivity contribution in [3.05, 3.63) is 48.0 Å². The molecule has 152 valence electrons. The number of benzene rings is 1. The number of hydrogen-bond acceptors (Lipinski definition) is 1. The SMILES string of the molecule is CCC=CCCCCCCCC(=O)NCCC[N+](C)(C)Cc1ccccc1. The standard InChI is InChI=1S/C24H40N2O/c1-4-5-6-7-8-9-10-11-15-19-24(27)25-20-16-21-26(2,3)22-23-17-13-12-14-18-23/h5-6,12-14,17-18H,4,7-11,15-16,19-22H2,1-3H3/p+1. The fourth-order valence-electron chi connectivity index (χ4n) is 3.34. The molecule has 0 saturated heterocycles. The van der Waals surface area contributed by atoms with Crippen LogP contribution < -0.4 is 5.32 Å². The lowest BCUT2D eigenvalue weighted by Gasteiger charge is -2.30. The topological polar surface area (TPSA) is 29.1 Å². The Labute approximate surface area is 167 Å². The van der Waals surface area contributed by atoms with E-state index in [2.05, 4.69) is 68.8 Å². The molecule has 1 N–H and O–H groups in total. The van der Waals surface area contributed by atoms with Gasteiger partial charge in [0, 0.05) is 24.9 Å². The fourth-order valence-corrected chi connectivity index (χ4v) is 3.34. The summed E-state index contributed by atoms with van der Waals surface area (Å²) in [5, 5.41) is 3.09. The minimum absolute atomic E-state index is 0.217. The van der Waals surface area contributed by atoms with E-state index in [0.717, 1.165) is 43.4 Å². The molecule has 27 heavy (non-hydrogen) atoms. The van der Waals surface area contributed by atoms with Gasteiger partial charge in [-0.1, -0.05) is 68.7 Å². The summed E-state index contributed by atoms with van der Waals surface area (Å²) >= 11 is 0. The highest BCUT2D eigenvalue weighted by atomic mass is 16.1. The van der Waals surface area contributed by atoms with Gasteiger partial charge in [-0.05, 0) is 25.7 Å². The molecule has 1 rings (SSSR count). The molecule has 0 saturated carbocycles. The summed E-state index contributed by atoms with van der Waals surface area (Å²) in [4.78, 5) is 11.9. The Morgan fingerprint density at radius 3 is 2.41 bits per heavy atom. The zero-order chi connectivity index (χ0) is 19.8. The third-order valence-corrected chi connectivity index (χ3v) is 4.89. The maximum atomic E-state index is 11.9. The second-order valence-corrected chi connectivity index (χ2v) is 8.19. The third kappa shape index (κ3) is 13.2. The van der Waals surface area contributed by atoms with Crippen LogP contribution in [0.2, 0.25) is 0 Å². The van der Waals surface area contributed by atoms with Gasteiger partial charge in [-0.15, -0.1) is 0 Å². The molecule has 0 unspecified atom stereocenters. The zero-order valence-electron chi connectivity index (χ0n) is 17.9. The van der Waals surface area contributed by atoms with Crippen LogP contribution in [0.3, 0.4) is 0 Å². The predicted octanol–water partition coefficient (Wildman–Crippen LogP) is 5.47. The summed E-state index contributed by atoms with van der Waals surface area (Å²) in [6.45, 7) is 5.07. The van der Waals surface area contributed by atoms with Crippen molar-refractivity contribution in [2.45, 2.75) is 71.3 Å². The Morgan fingerprint density at radius 1 is 0.963 bits per heavy atom. The molecule has 1 aromatic rings. The third-order valence-electron chi connectivity index (χ3n) is 4.89. The number of carbonyl (C=O) groups is 1. The lowest BCUT2D eigenvalue weighted by Crippen LogP contribution is -2.41. The molecule has 0 bridgehead atoms. The van der Waals surface area contributed by atoms with E-state index in [4.69, 9.17) is 0 Å². The summed E-state index contributed by atoms with van der Waals surface area (Å²) in [5.74, 6) is 0.217. The second-order valence-electron chi connectivity index (χ2n) is 8.19. The summed E-state index contributed by atoms with van der Waals surface area (Å²) in [5.41, 5.74) is 1.37. The van der Waals surface area contributed by atoms with Gasteiger partial charge in [0.15, 0.2) is 0 Å². The number of rotatable bonds is 15. The van der Waals surface area contributed by atoms with Gasteiger partial charge >= 0.3 is 0 Å². The Bertz CT molecular complexity index is 522. The minimum atomic E-state index is 0.217. The van der Waals surface area contributed by atoms with E-state index < -0.39 is 0 Å². The number of allylic oxidation sites excluding steroid dienone is 2. The van der Waals surface area contributed by atoms with Crippen molar-refractivity contribution in [2.75, 3.05) is 27.2 Å². The van der Waals surface area contributed by atoms with Crippen molar-refractivity contribution in [1.82, 2.24) is 5.32 Å². The quantitative estimate of drug-likeness (QED) is 0.247. The first kappa shape index (κ1) is 23.4. The molecule has 0 aliphatic carbocycles. The number of hydrogen-bond donors (Lipinski definition) is 1. The summed E-state index contributed by atoms with van der Waals surface area (Å²) in [7, 11) is 4.51. The van der Waals surface area contributed by atoms with Crippen molar-refractivity contribution >= 4 is 5.91 Å². The molecule has 3 nitrogen and oxygen atoms in total. The highest BCUT2D eigenvalue weighted by Gasteiger charge is 2.15. The van der Waals surface area contributed by atoms with Crippen LogP contribution >= 0.6 is 0 Å².